The molecule has 0 fully saturated rings. The maximum Gasteiger partial charge on any atom is 0.255 e. The highest BCUT2D eigenvalue weighted by Gasteiger charge is 2.19. The predicted molar refractivity (Wildman–Crippen MR) is 78.7 cm³/mol. The van der Waals surface area contributed by atoms with Crippen LogP contribution in [-0.4, -0.2) is 34.9 Å². The van der Waals surface area contributed by atoms with E-state index in [1.165, 1.54) is 23.1 Å². The van der Waals surface area contributed by atoms with Gasteiger partial charge in [0.2, 0.25) is 0 Å². The van der Waals surface area contributed by atoms with Crippen LogP contribution in [0, 0.1) is 9.39 Å². The Morgan fingerprint density at radius 1 is 1.58 bits per heavy atom. The van der Waals surface area contributed by atoms with Gasteiger partial charge >= 0.3 is 0 Å². The summed E-state index contributed by atoms with van der Waals surface area (Å²) in [7, 11) is 0. The highest BCUT2D eigenvalue weighted by Crippen LogP contribution is 2.16. The van der Waals surface area contributed by atoms with Crippen LogP contribution in [-0.2, 0) is 0 Å². The molecule has 5 nitrogen and oxygen atoms in total. The standard InChI is InChI=1S/C12H15FIN3O2/c1-2-5-17(7-11(15)16-19)12(18)9-4-3-8(13)6-10(9)14/h3-4,6,19H,2,5,7H2,1H3,(H2,15,16). The first kappa shape index (κ1) is 15.7. The van der Waals surface area contributed by atoms with Crippen molar-refractivity contribution >= 4 is 34.3 Å². The third-order valence-electron chi connectivity index (χ3n) is 2.42. The first-order valence-electron chi connectivity index (χ1n) is 5.70. The van der Waals surface area contributed by atoms with E-state index in [0.29, 0.717) is 15.7 Å². The minimum atomic E-state index is -0.389. The molecule has 0 unspecified atom stereocenters. The zero-order valence-corrected chi connectivity index (χ0v) is 12.6. The number of oxime groups is 1. The van der Waals surface area contributed by atoms with Crippen LogP contribution < -0.4 is 5.73 Å². The Balaban J connectivity index is 2.98. The summed E-state index contributed by atoms with van der Waals surface area (Å²) in [5.74, 6) is -0.698. The monoisotopic (exact) mass is 379 g/mol. The lowest BCUT2D eigenvalue weighted by Crippen LogP contribution is -2.39. The molecule has 19 heavy (non-hydrogen) atoms. The molecule has 3 N–H and O–H groups in total. The van der Waals surface area contributed by atoms with Crippen molar-refractivity contribution in [1.29, 1.82) is 0 Å². The van der Waals surface area contributed by atoms with Crippen LogP contribution in [0.3, 0.4) is 0 Å². The summed E-state index contributed by atoms with van der Waals surface area (Å²) in [6, 6.07) is 3.97. The van der Waals surface area contributed by atoms with E-state index in [0.717, 1.165) is 6.42 Å². The zero-order chi connectivity index (χ0) is 14.4. The molecule has 0 aliphatic heterocycles. The summed E-state index contributed by atoms with van der Waals surface area (Å²) in [6.45, 7) is 2.43. The van der Waals surface area contributed by atoms with Crippen LogP contribution in [0.1, 0.15) is 23.7 Å². The van der Waals surface area contributed by atoms with E-state index in [4.69, 9.17) is 10.9 Å². The minimum Gasteiger partial charge on any atom is -0.409 e. The minimum absolute atomic E-state index is 0.0383. The van der Waals surface area contributed by atoms with E-state index < -0.39 is 0 Å². The Kier molecular flexibility index (Phi) is 6.00. The number of nitrogens with zero attached hydrogens (tertiary/aromatic N) is 2. The summed E-state index contributed by atoms with van der Waals surface area (Å²) < 4.78 is 13.6. The third kappa shape index (κ3) is 4.34. The lowest BCUT2D eigenvalue weighted by molar-refractivity contribution is 0.0777. The molecule has 1 aromatic carbocycles. The molecule has 0 aromatic heterocycles. The zero-order valence-electron chi connectivity index (χ0n) is 10.4. The number of carbonyl (C=O) groups is 1. The van der Waals surface area contributed by atoms with Crippen molar-refractivity contribution in [3.63, 3.8) is 0 Å². The van der Waals surface area contributed by atoms with Gasteiger partial charge in [-0.05, 0) is 47.2 Å². The molecule has 0 spiro atoms. The first-order valence-corrected chi connectivity index (χ1v) is 6.78. The van der Waals surface area contributed by atoms with Crippen molar-refractivity contribution in [2.24, 2.45) is 10.9 Å². The van der Waals surface area contributed by atoms with Crippen LogP contribution in [0.25, 0.3) is 0 Å². The average molecular weight is 379 g/mol. The summed E-state index contributed by atoms with van der Waals surface area (Å²) >= 11 is 1.91. The van der Waals surface area contributed by atoms with Gasteiger partial charge in [0.25, 0.3) is 5.91 Å². The highest BCUT2D eigenvalue weighted by molar-refractivity contribution is 14.1. The molecule has 1 rings (SSSR count). The van der Waals surface area contributed by atoms with Crippen molar-refractivity contribution in [3.05, 3.63) is 33.1 Å². The van der Waals surface area contributed by atoms with Crippen molar-refractivity contribution in [3.8, 4) is 0 Å². The van der Waals surface area contributed by atoms with E-state index in [-0.39, 0.29) is 24.1 Å². The molecule has 104 valence electrons. The number of hydrogen-bond donors (Lipinski definition) is 2. The molecule has 0 heterocycles. The van der Waals surface area contributed by atoms with Crippen LogP contribution >= 0.6 is 22.6 Å². The van der Waals surface area contributed by atoms with Crippen LogP contribution in [0.15, 0.2) is 23.4 Å². The fourth-order valence-corrected chi connectivity index (χ4v) is 2.29. The molecule has 0 aliphatic rings. The van der Waals surface area contributed by atoms with E-state index in [1.54, 1.807) is 0 Å². The lowest BCUT2D eigenvalue weighted by atomic mass is 10.2. The molecule has 7 heteroatoms. The number of nitrogens with two attached hydrogens (primary N) is 1. The summed E-state index contributed by atoms with van der Waals surface area (Å²) in [6.07, 6.45) is 0.738. The number of benzene rings is 1. The summed E-state index contributed by atoms with van der Waals surface area (Å²) in [5, 5.41) is 11.4. The van der Waals surface area contributed by atoms with E-state index in [2.05, 4.69) is 5.16 Å². The molecule has 0 aliphatic carbocycles. The number of hydrogen-bond acceptors (Lipinski definition) is 3. The molecule has 0 saturated carbocycles. The van der Waals surface area contributed by atoms with Crippen LogP contribution in [0.4, 0.5) is 4.39 Å². The molecule has 0 saturated heterocycles. The second-order valence-electron chi connectivity index (χ2n) is 3.94. The van der Waals surface area contributed by atoms with Crippen LogP contribution in [0.5, 0.6) is 0 Å². The maximum absolute atomic E-state index is 13.0. The Morgan fingerprint density at radius 2 is 2.26 bits per heavy atom. The van der Waals surface area contributed by atoms with Crippen molar-refractivity contribution in [2.45, 2.75) is 13.3 Å². The largest absolute Gasteiger partial charge is 0.409 e. The maximum atomic E-state index is 13.0. The predicted octanol–water partition coefficient (Wildman–Crippen LogP) is 2.03. The van der Waals surface area contributed by atoms with E-state index in [1.807, 2.05) is 29.5 Å². The first-order chi connectivity index (χ1) is 8.99. The Labute approximate surface area is 124 Å². The lowest BCUT2D eigenvalue weighted by Gasteiger charge is -2.22. The van der Waals surface area contributed by atoms with E-state index in [9.17, 15) is 9.18 Å². The van der Waals surface area contributed by atoms with Crippen molar-refractivity contribution < 1.29 is 14.4 Å². The fourth-order valence-electron chi connectivity index (χ4n) is 1.58. The van der Waals surface area contributed by atoms with Gasteiger partial charge in [0.15, 0.2) is 5.84 Å². The summed E-state index contributed by atoms with van der Waals surface area (Å²) in [4.78, 5) is 13.8. The van der Waals surface area contributed by atoms with Crippen LogP contribution in [0.2, 0.25) is 0 Å². The quantitative estimate of drug-likeness (QED) is 0.270. The Morgan fingerprint density at radius 3 is 2.79 bits per heavy atom. The number of amidine groups is 1. The van der Waals surface area contributed by atoms with Crippen molar-refractivity contribution in [1.82, 2.24) is 4.90 Å². The average Bonchev–Trinajstić information content (AvgIpc) is 2.37. The van der Waals surface area contributed by atoms with Gasteiger partial charge in [0, 0.05) is 10.1 Å². The molecular weight excluding hydrogens is 364 g/mol. The smallest absolute Gasteiger partial charge is 0.255 e. The van der Waals surface area contributed by atoms with Gasteiger partial charge in [-0.1, -0.05) is 12.1 Å². The highest BCUT2D eigenvalue weighted by atomic mass is 127. The normalized spacial score (nSPS) is 11.4. The van der Waals surface area contributed by atoms with Gasteiger partial charge < -0.3 is 15.8 Å². The van der Waals surface area contributed by atoms with Crippen molar-refractivity contribution in [2.75, 3.05) is 13.1 Å². The van der Waals surface area contributed by atoms with E-state index >= 15 is 0 Å². The van der Waals surface area contributed by atoms with Gasteiger partial charge in [0.05, 0.1) is 12.1 Å². The number of rotatable bonds is 5. The molecule has 0 atom stereocenters. The van der Waals surface area contributed by atoms with Gasteiger partial charge in [0.1, 0.15) is 5.82 Å². The van der Waals surface area contributed by atoms with Gasteiger partial charge in [-0.25, -0.2) is 4.39 Å². The number of amides is 1. The van der Waals surface area contributed by atoms with Gasteiger partial charge in [-0.2, -0.15) is 0 Å². The molecule has 0 radical (unpaired) electrons. The number of carbonyl (C=O) groups excluding carboxylic acids is 1. The topological polar surface area (TPSA) is 78.9 Å². The Bertz CT molecular complexity index is 494. The molecular formula is C12H15FIN3O2. The second-order valence-corrected chi connectivity index (χ2v) is 5.10. The van der Waals surface area contributed by atoms with Gasteiger partial charge in [-0.3, -0.25) is 4.79 Å². The van der Waals surface area contributed by atoms with Gasteiger partial charge in [-0.15, -0.1) is 0 Å². The fraction of sp³-hybridized carbons (Fsp3) is 0.333. The molecule has 0 bridgehead atoms. The number of halogens is 2. The Hall–Kier alpha value is -1.38. The third-order valence-corrected chi connectivity index (χ3v) is 3.32. The molecule has 1 amide bonds. The molecule has 1 aromatic rings. The second kappa shape index (κ2) is 7.27. The SMILES string of the molecule is CCCN(C/C(N)=N/O)C(=O)c1ccc(F)cc1I. The summed E-state index contributed by atoms with van der Waals surface area (Å²) in [5.41, 5.74) is 5.83.